The lowest BCUT2D eigenvalue weighted by Gasteiger charge is -2.22. The Morgan fingerprint density at radius 1 is 0.958 bits per heavy atom. The van der Waals surface area contributed by atoms with E-state index in [0.717, 1.165) is 24.6 Å². The highest BCUT2D eigenvalue weighted by molar-refractivity contribution is 5.55. The van der Waals surface area contributed by atoms with Gasteiger partial charge in [0.2, 0.25) is 5.95 Å². The van der Waals surface area contributed by atoms with Gasteiger partial charge in [-0.3, -0.25) is 0 Å². The van der Waals surface area contributed by atoms with Gasteiger partial charge in [0.25, 0.3) is 0 Å². The topological polar surface area (TPSA) is 41.1 Å². The lowest BCUT2D eigenvalue weighted by Crippen LogP contribution is -2.23. The molecule has 2 aromatic carbocycles. The zero-order valence-electron chi connectivity index (χ0n) is 14.1. The van der Waals surface area contributed by atoms with Gasteiger partial charge in [-0.2, -0.15) is 4.98 Å². The molecule has 1 N–H and O–H groups in total. The van der Waals surface area contributed by atoms with Gasteiger partial charge >= 0.3 is 0 Å². The van der Waals surface area contributed by atoms with Crippen LogP contribution in [0.4, 0.5) is 17.5 Å². The van der Waals surface area contributed by atoms with Crippen molar-refractivity contribution in [2.75, 3.05) is 16.8 Å². The van der Waals surface area contributed by atoms with Crippen molar-refractivity contribution in [3.05, 3.63) is 78.0 Å². The molecule has 0 spiro atoms. The standard InChI is InChI=1S/C20H22N4/c1-3-24(15-17-7-5-4-6-8-17)19-13-14-21-20(23-19)22-18-11-9-16(2)10-12-18/h4-14H,3,15H2,1-2H3,(H,21,22,23). The summed E-state index contributed by atoms with van der Waals surface area (Å²) in [5.41, 5.74) is 3.49. The van der Waals surface area contributed by atoms with Crippen LogP contribution in [0.3, 0.4) is 0 Å². The van der Waals surface area contributed by atoms with Crippen LogP contribution in [0.15, 0.2) is 66.9 Å². The number of aryl methyl sites for hydroxylation is 1. The van der Waals surface area contributed by atoms with Gasteiger partial charge in [0.1, 0.15) is 5.82 Å². The molecule has 0 bridgehead atoms. The first-order chi connectivity index (χ1) is 11.7. The molecule has 1 heterocycles. The maximum Gasteiger partial charge on any atom is 0.229 e. The Morgan fingerprint density at radius 3 is 2.42 bits per heavy atom. The average molecular weight is 318 g/mol. The van der Waals surface area contributed by atoms with E-state index in [1.807, 2.05) is 24.3 Å². The Kier molecular flexibility index (Phi) is 5.06. The minimum Gasteiger partial charge on any atom is -0.352 e. The Hall–Kier alpha value is -2.88. The Bertz CT molecular complexity index is 769. The second kappa shape index (κ2) is 7.59. The van der Waals surface area contributed by atoms with Crippen molar-refractivity contribution < 1.29 is 0 Å². The van der Waals surface area contributed by atoms with Gasteiger partial charge in [-0.25, -0.2) is 4.98 Å². The molecule has 0 saturated carbocycles. The fourth-order valence-electron chi connectivity index (χ4n) is 2.51. The first-order valence-corrected chi connectivity index (χ1v) is 8.20. The van der Waals surface area contributed by atoms with Crippen molar-refractivity contribution in [1.29, 1.82) is 0 Å². The molecule has 0 fully saturated rings. The number of benzene rings is 2. The Balaban J connectivity index is 1.76. The van der Waals surface area contributed by atoms with E-state index in [2.05, 4.69) is 70.4 Å². The largest absolute Gasteiger partial charge is 0.352 e. The summed E-state index contributed by atoms with van der Waals surface area (Å²) in [5, 5.41) is 3.27. The molecule has 3 aromatic rings. The monoisotopic (exact) mass is 318 g/mol. The molecule has 4 heteroatoms. The number of hydrogen-bond acceptors (Lipinski definition) is 4. The maximum atomic E-state index is 4.66. The van der Waals surface area contributed by atoms with Gasteiger partial charge < -0.3 is 10.2 Å². The fraction of sp³-hybridized carbons (Fsp3) is 0.200. The third-order valence-corrected chi connectivity index (χ3v) is 3.87. The van der Waals surface area contributed by atoms with Gasteiger partial charge in [-0.05, 0) is 37.6 Å². The summed E-state index contributed by atoms with van der Waals surface area (Å²) in [6.45, 7) is 5.93. The van der Waals surface area contributed by atoms with Gasteiger partial charge in [-0.15, -0.1) is 0 Å². The predicted octanol–water partition coefficient (Wildman–Crippen LogP) is 4.56. The molecule has 0 atom stereocenters. The summed E-state index contributed by atoms with van der Waals surface area (Å²) in [7, 11) is 0. The fourth-order valence-corrected chi connectivity index (χ4v) is 2.51. The molecule has 24 heavy (non-hydrogen) atoms. The van der Waals surface area contributed by atoms with E-state index < -0.39 is 0 Å². The van der Waals surface area contributed by atoms with Gasteiger partial charge in [-0.1, -0.05) is 48.0 Å². The molecule has 4 nitrogen and oxygen atoms in total. The summed E-state index contributed by atoms with van der Waals surface area (Å²) in [4.78, 5) is 11.2. The first-order valence-electron chi connectivity index (χ1n) is 8.20. The second-order valence-electron chi connectivity index (χ2n) is 5.73. The molecule has 0 amide bonds. The predicted molar refractivity (Wildman–Crippen MR) is 99.7 cm³/mol. The quantitative estimate of drug-likeness (QED) is 0.723. The molecule has 0 saturated heterocycles. The van der Waals surface area contributed by atoms with E-state index in [9.17, 15) is 0 Å². The Labute approximate surface area is 143 Å². The van der Waals surface area contributed by atoms with Crippen molar-refractivity contribution in [3.8, 4) is 0 Å². The van der Waals surface area contributed by atoms with Crippen LogP contribution in [0.1, 0.15) is 18.1 Å². The third kappa shape index (κ3) is 4.10. The second-order valence-corrected chi connectivity index (χ2v) is 5.73. The SMILES string of the molecule is CCN(Cc1ccccc1)c1ccnc(Nc2ccc(C)cc2)n1. The molecular formula is C20H22N4. The first kappa shape index (κ1) is 16.0. The molecule has 1 aromatic heterocycles. The lowest BCUT2D eigenvalue weighted by molar-refractivity contribution is 0.811. The van der Waals surface area contributed by atoms with Crippen LogP contribution in [0, 0.1) is 6.92 Å². The molecule has 3 rings (SSSR count). The Morgan fingerprint density at radius 2 is 1.71 bits per heavy atom. The van der Waals surface area contributed by atoms with Crippen LogP contribution in [0.25, 0.3) is 0 Å². The smallest absolute Gasteiger partial charge is 0.229 e. The summed E-state index contributed by atoms with van der Waals surface area (Å²) >= 11 is 0. The maximum absolute atomic E-state index is 4.66. The van der Waals surface area contributed by atoms with E-state index in [1.165, 1.54) is 11.1 Å². The van der Waals surface area contributed by atoms with Crippen LogP contribution in [0.2, 0.25) is 0 Å². The van der Waals surface area contributed by atoms with E-state index in [-0.39, 0.29) is 0 Å². The van der Waals surface area contributed by atoms with Crippen LogP contribution < -0.4 is 10.2 Å². The van der Waals surface area contributed by atoms with Crippen molar-refractivity contribution in [3.63, 3.8) is 0 Å². The van der Waals surface area contributed by atoms with Gasteiger partial charge in [0.05, 0.1) is 0 Å². The van der Waals surface area contributed by atoms with Crippen LogP contribution in [-0.4, -0.2) is 16.5 Å². The highest BCUT2D eigenvalue weighted by atomic mass is 15.2. The minimum atomic E-state index is 0.614. The highest BCUT2D eigenvalue weighted by Crippen LogP contribution is 2.18. The highest BCUT2D eigenvalue weighted by Gasteiger charge is 2.08. The average Bonchev–Trinajstić information content (AvgIpc) is 2.63. The number of aromatic nitrogens is 2. The van der Waals surface area contributed by atoms with E-state index >= 15 is 0 Å². The van der Waals surface area contributed by atoms with Gasteiger partial charge in [0.15, 0.2) is 0 Å². The van der Waals surface area contributed by atoms with Crippen LogP contribution in [0.5, 0.6) is 0 Å². The van der Waals surface area contributed by atoms with E-state index in [0.29, 0.717) is 5.95 Å². The third-order valence-electron chi connectivity index (χ3n) is 3.87. The molecule has 0 unspecified atom stereocenters. The van der Waals surface area contributed by atoms with Crippen molar-refractivity contribution in [2.24, 2.45) is 0 Å². The zero-order valence-corrected chi connectivity index (χ0v) is 14.1. The normalized spacial score (nSPS) is 10.4. The molecule has 122 valence electrons. The number of nitrogens with zero attached hydrogens (tertiary/aromatic N) is 3. The number of nitrogens with one attached hydrogen (secondary N) is 1. The summed E-state index contributed by atoms with van der Waals surface area (Å²) in [6.07, 6.45) is 1.80. The van der Waals surface area contributed by atoms with Gasteiger partial charge in [0, 0.05) is 25.0 Å². The summed E-state index contributed by atoms with van der Waals surface area (Å²) in [6, 6.07) is 20.6. The minimum absolute atomic E-state index is 0.614. The van der Waals surface area contributed by atoms with Crippen molar-refractivity contribution in [1.82, 2.24) is 9.97 Å². The molecule has 0 aliphatic heterocycles. The van der Waals surface area contributed by atoms with Crippen molar-refractivity contribution >= 4 is 17.5 Å². The van der Waals surface area contributed by atoms with Crippen LogP contribution in [-0.2, 0) is 6.54 Å². The molecule has 0 aliphatic rings. The lowest BCUT2D eigenvalue weighted by atomic mass is 10.2. The number of rotatable bonds is 6. The summed E-state index contributed by atoms with van der Waals surface area (Å²) < 4.78 is 0. The number of hydrogen-bond donors (Lipinski definition) is 1. The number of anilines is 3. The van der Waals surface area contributed by atoms with E-state index in [1.54, 1.807) is 6.20 Å². The molecule has 0 aliphatic carbocycles. The molecule has 0 radical (unpaired) electrons. The van der Waals surface area contributed by atoms with Crippen molar-refractivity contribution in [2.45, 2.75) is 20.4 Å². The molecular weight excluding hydrogens is 296 g/mol. The summed E-state index contributed by atoms with van der Waals surface area (Å²) in [5.74, 6) is 1.54. The van der Waals surface area contributed by atoms with Crippen LogP contribution >= 0.6 is 0 Å². The zero-order chi connectivity index (χ0) is 16.8. The van der Waals surface area contributed by atoms with E-state index in [4.69, 9.17) is 0 Å².